The summed E-state index contributed by atoms with van der Waals surface area (Å²) >= 11 is 1.12. The second-order valence-corrected chi connectivity index (χ2v) is 8.97. The van der Waals surface area contributed by atoms with E-state index in [9.17, 15) is 25.0 Å². The summed E-state index contributed by atoms with van der Waals surface area (Å²) in [6.45, 7) is 0. The molecule has 1 aliphatic carbocycles. The molecule has 9 nitrogen and oxygen atoms in total. The Morgan fingerprint density at radius 3 is 2.69 bits per heavy atom. The van der Waals surface area contributed by atoms with Crippen LogP contribution in [0.2, 0.25) is 0 Å². The smallest absolute Gasteiger partial charge is 0.270 e. The lowest BCUT2D eigenvalue weighted by molar-refractivity contribution is -0.384. The lowest BCUT2D eigenvalue weighted by Gasteiger charge is -2.25. The highest BCUT2D eigenvalue weighted by Gasteiger charge is 2.23. The molecule has 0 radical (unpaired) electrons. The van der Waals surface area contributed by atoms with Gasteiger partial charge in [-0.1, -0.05) is 48.2 Å². The summed E-state index contributed by atoms with van der Waals surface area (Å²) in [5.41, 5.74) is 8.03. The second-order valence-electron chi connectivity index (χ2n) is 8.01. The molecule has 35 heavy (non-hydrogen) atoms. The van der Waals surface area contributed by atoms with Crippen LogP contribution in [0.5, 0.6) is 0 Å². The lowest BCUT2D eigenvalue weighted by Crippen LogP contribution is -2.42. The minimum Gasteiger partial charge on any atom is -0.272 e. The minimum absolute atomic E-state index is 0.0454. The van der Waals surface area contributed by atoms with Crippen LogP contribution in [0.15, 0.2) is 65.7 Å². The molecule has 0 fully saturated rings. The van der Waals surface area contributed by atoms with Crippen molar-refractivity contribution in [2.75, 3.05) is 5.75 Å². The van der Waals surface area contributed by atoms with Gasteiger partial charge in [0.25, 0.3) is 11.6 Å². The van der Waals surface area contributed by atoms with Gasteiger partial charge in [0.1, 0.15) is 11.1 Å². The van der Waals surface area contributed by atoms with Crippen LogP contribution in [0.25, 0.3) is 0 Å². The van der Waals surface area contributed by atoms with Crippen LogP contribution in [0.1, 0.15) is 45.1 Å². The summed E-state index contributed by atoms with van der Waals surface area (Å²) in [6, 6.07) is 19.5. The highest BCUT2D eigenvalue weighted by Crippen LogP contribution is 2.34. The van der Waals surface area contributed by atoms with Crippen LogP contribution in [0.4, 0.5) is 5.69 Å². The molecule has 3 aromatic rings. The van der Waals surface area contributed by atoms with Crippen LogP contribution < -0.4 is 10.9 Å². The number of rotatable bonds is 6. The molecule has 1 aromatic heterocycles. The van der Waals surface area contributed by atoms with Crippen molar-refractivity contribution in [1.82, 2.24) is 15.8 Å². The summed E-state index contributed by atoms with van der Waals surface area (Å²) in [5.74, 6) is -0.857. The first-order chi connectivity index (χ1) is 16.9. The first-order valence-corrected chi connectivity index (χ1v) is 11.9. The number of hydrogen-bond acceptors (Lipinski definition) is 7. The number of aryl methyl sites for hydroxylation is 1. The predicted molar refractivity (Wildman–Crippen MR) is 130 cm³/mol. The highest BCUT2D eigenvalue weighted by atomic mass is 32.2. The number of benzene rings is 2. The summed E-state index contributed by atoms with van der Waals surface area (Å²) in [4.78, 5) is 39.3. The van der Waals surface area contributed by atoms with Gasteiger partial charge in [0, 0.05) is 23.4 Å². The van der Waals surface area contributed by atoms with Crippen molar-refractivity contribution in [1.29, 1.82) is 5.26 Å². The van der Waals surface area contributed by atoms with E-state index in [2.05, 4.69) is 34.0 Å². The van der Waals surface area contributed by atoms with Crippen molar-refractivity contribution in [3.8, 4) is 6.07 Å². The lowest BCUT2D eigenvalue weighted by atomic mass is 9.82. The Labute approximate surface area is 205 Å². The van der Waals surface area contributed by atoms with E-state index in [0.29, 0.717) is 16.5 Å². The number of pyridine rings is 1. The average molecular weight is 488 g/mol. The number of fused-ring (bicyclic) bond motifs is 1. The number of amides is 2. The molecule has 0 saturated heterocycles. The van der Waals surface area contributed by atoms with Gasteiger partial charge in [-0.3, -0.25) is 30.6 Å². The Bertz CT molecular complexity index is 1320. The van der Waals surface area contributed by atoms with Crippen molar-refractivity contribution in [2.45, 2.75) is 30.2 Å². The molecule has 1 atom stereocenters. The molecule has 0 spiro atoms. The molecular formula is C25H21N5O4S. The van der Waals surface area contributed by atoms with Crippen LogP contribution in [-0.4, -0.2) is 27.5 Å². The van der Waals surface area contributed by atoms with Gasteiger partial charge in [0.2, 0.25) is 5.91 Å². The number of nitrogens with one attached hydrogen (secondary N) is 2. The molecular weight excluding hydrogens is 466 g/mol. The summed E-state index contributed by atoms with van der Waals surface area (Å²) in [7, 11) is 0. The number of aromatic nitrogens is 1. The average Bonchev–Trinajstić information content (AvgIpc) is 2.90. The molecule has 2 amide bonds. The van der Waals surface area contributed by atoms with Crippen molar-refractivity contribution in [3.63, 3.8) is 0 Å². The van der Waals surface area contributed by atoms with Gasteiger partial charge >= 0.3 is 0 Å². The molecule has 1 heterocycles. The maximum Gasteiger partial charge on any atom is 0.270 e. The molecule has 2 N–H and O–H groups in total. The SMILES string of the molecule is N#Cc1cc2c(nc1SCC(=O)NNC(=O)c1cccc([N+](=O)[O-])c1)CC[C@H](c1ccccc1)C2. The van der Waals surface area contributed by atoms with E-state index < -0.39 is 16.7 Å². The summed E-state index contributed by atoms with van der Waals surface area (Å²) in [6.07, 6.45) is 2.57. The number of thioether (sulfide) groups is 1. The maximum atomic E-state index is 12.2. The maximum absolute atomic E-state index is 12.2. The van der Waals surface area contributed by atoms with E-state index in [0.717, 1.165) is 48.3 Å². The number of hydrogen-bond donors (Lipinski definition) is 2. The second kappa shape index (κ2) is 10.8. The zero-order chi connectivity index (χ0) is 24.8. The normalized spacial score (nSPS) is 14.3. The Morgan fingerprint density at radius 2 is 1.94 bits per heavy atom. The van der Waals surface area contributed by atoms with Crippen molar-refractivity contribution < 1.29 is 14.5 Å². The number of carbonyl (C=O) groups is 2. The van der Waals surface area contributed by atoms with Gasteiger partial charge in [0.05, 0.1) is 16.2 Å². The Kier molecular flexibility index (Phi) is 7.38. The van der Waals surface area contributed by atoms with E-state index >= 15 is 0 Å². The number of nitriles is 1. The first kappa shape index (κ1) is 23.9. The Hall–Kier alpha value is -4.23. The van der Waals surface area contributed by atoms with Crippen LogP contribution in [0, 0.1) is 21.4 Å². The fourth-order valence-electron chi connectivity index (χ4n) is 3.97. The molecule has 0 aliphatic heterocycles. The third-order valence-corrected chi connectivity index (χ3v) is 6.71. The van der Waals surface area contributed by atoms with Crippen LogP contribution in [0.3, 0.4) is 0 Å². The number of hydrazine groups is 1. The fraction of sp³-hybridized carbons (Fsp3) is 0.200. The molecule has 4 rings (SSSR count). The van der Waals surface area contributed by atoms with Crippen LogP contribution >= 0.6 is 11.8 Å². The largest absolute Gasteiger partial charge is 0.272 e. The van der Waals surface area contributed by atoms with E-state index in [4.69, 9.17) is 0 Å². The third-order valence-electron chi connectivity index (χ3n) is 5.72. The van der Waals surface area contributed by atoms with E-state index in [1.54, 1.807) is 0 Å². The Morgan fingerprint density at radius 1 is 1.14 bits per heavy atom. The summed E-state index contributed by atoms with van der Waals surface area (Å²) < 4.78 is 0. The topological polar surface area (TPSA) is 138 Å². The number of nitro groups is 1. The van der Waals surface area contributed by atoms with E-state index in [1.165, 1.54) is 23.8 Å². The van der Waals surface area contributed by atoms with Gasteiger partial charge in [-0.05, 0) is 48.4 Å². The van der Waals surface area contributed by atoms with Gasteiger partial charge in [0.15, 0.2) is 0 Å². The number of nitro benzene ring substituents is 1. The number of non-ortho nitro benzene ring substituents is 1. The summed E-state index contributed by atoms with van der Waals surface area (Å²) in [5, 5.41) is 21.0. The van der Waals surface area contributed by atoms with Gasteiger partial charge in [-0.2, -0.15) is 5.26 Å². The van der Waals surface area contributed by atoms with Gasteiger partial charge in [-0.15, -0.1) is 0 Å². The molecule has 2 aromatic carbocycles. The molecule has 0 saturated carbocycles. The zero-order valence-corrected chi connectivity index (χ0v) is 19.4. The standard InChI is InChI=1S/C25H21N5O4S/c26-14-20-12-19-11-17(16-5-2-1-3-6-16)9-10-22(19)27-25(20)35-15-23(31)28-29-24(32)18-7-4-8-21(13-18)30(33)34/h1-8,12-13,17H,9-11,15H2,(H,28,31)(H,29,32)/t17-/m0/s1. The minimum atomic E-state index is -0.676. The van der Waals surface area contributed by atoms with E-state index in [1.807, 2.05) is 24.3 Å². The zero-order valence-electron chi connectivity index (χ0n) is 18.6. The number of nitrogens with zero attached hydrogens (tertiary/aromatic N) is 3. The van der Waals surface area contributed by atoms with Crippen molar-refractivity contribution in [3.05, 3.63) is 98.7 Å². The van der Waals surface area contributed by atoms with Crippen LogP contribution in [-0.2, 0) is 17.6 Å². The molecule has 10 heteroatoms. The fourth-order valence-corrected chi connectivity index (χ4v) is 4.75. The quantitative estimate of drug-likeness (QED) is 0.307. The van der Waals surface area contributed by atoms with E-state index in [-0.39, 0.29) is 17.0 Å². The van der Waals surface area contributed by atoms with Gasteiger partial charge in [-0.25, -0.2) is 4.98 Å². The molecule has 176 valence electrons. The third kappa shape index (κ3) is 5.83. The molecule has 0 unspecified atom stereocenters. The predicted octanol–water partition coefficient (Wildman–Crippen LogP) is 3.69. The molecule has 0 bridgehead atoms. The Balaban J connectivity index is 1.35. The van der Waals surface area contributed by atoms with Crippen molar-refractivity contribution in [2.24, 2.45) is 0 Å². The van der Waals surface area contributed by atoms with Crippen molar-refractivity contribution >= 4 is 29.3 Å². The highest BCUT2D eigenvalue weighted by molar-refractivity contribution is 8.00. The number of carbonyl (C=O) groups excluding carboxylic acids is 2. The monoisotopic (exact) mass is 487 g/mol. The first-order valence-electron chi connectivity index (χ1n) is 10.9. The van der Waals surface area contributed by atoms with Gasteiger partial charge < -0.3 is 0 Å². The molecule has 1 aliphatic rings.